The highest BCUT2D eigenvalue weighted by atomic mass is 19.4. The minimum absolute atomic E-state index is 0.115. The predicted molar refractivity (Wildman–Crippen MR) is 100 cm³/mol. The summed E-state index contributed by atoms with van der Waals surface area (Å²) in [5.74, 6) is -1.95. The van der Waals surface area contributed by atoms with Gasteiger partial charge in [0.2, 0.25) is 5.91 Å². The Morgan fingerprint density at radius 2 is 1.86 bits per heavy atom. The van der Waals surface area contributed by atoms with Gasteiger partial charge in [-0.15, -0.1) is 0 Å². The van der Waals surface area contributed by atoms with Crippen molar-refractivity contribution in [2.45, 2.75) is 31.5 Å². The quantitative estimate of drug-likeness (QED) is 0.643. The van der Waals surface area contributed by atoms with Crippen molar-refractivity contribution in [3.63, 3.8) is 0 Å². The van der Waals surface area contributed by atoms with Crippen molar-refractivity contribution in [1.29, 1.82) is 0 Å². The molecule has 0 saturated heterocycles. The Kier molecular flexibility index (Phi) is 4.64. The lowest BCUT2D eigenvalue weighted by Gasteiger charge is -2.12. The van der Waals surface area contributed by atoms with E-state index >= 15 is 0 Å². The first-order chi connectivity index (χ1) is 13.7. The highest BCUT2D eigenvalue weighted by Gasteiger charge is 2.34. The van der Waals surface area contributed by atoms with Gasteiger partial charge in [0.05, 0.1) is 12.0 Å². The van der Waals surface area contributed by atoms with Crippen LogP contribution in [0.2, 0.25) is 0 Å². The van der Waals surface area contributed by atoms with Gasteiger partial charge in [0.1, 0.15) is 5.82 Å². The van der Waals surface area contributed by atoms with Crippen molar-refractivity contribution in [3.8, 4) is 0 Å². The molecule has 1 heterocycles. The molecule has 0 atom stereocenters. The number of rotatable bonds is 4. The minimum Gasteiger partial charge on any atom is -0.325 e. The van der Waals surface area contributed by atoms with E-state index in [1.54, 1.807) is 35.0 Å². The molecule has 1 fully saturated rings. The van der Waals surface area contributed by atoms with E-state index in [9.17, 15) is 27.2 Å². The van der Waals surface area contributed by atoms with Crippen molar-refractivity contribution in [3.05, 3.63) is 76.0 Å². The smallest absolute Gasteiger partial charge is 0.325 e. The number of nitrogens with zero attached hydrogens (tertiary/aromatic N) is 1. The molecule has 0 spiro atoms. The molecule has 1 aliphatic carbocycles. The van der Waals surface area contributed by atoms with Crippen LogP contribution in [0.1, 0.15) is 30.0 Å². The number of halogens is 4. The topological polar surface area (TPSA) is 51.1 Å². The molecule has 2 aromatic carbocycles. The first-order valence-electron chi connectivity index (χ1n) is 9.03. The number of hydrogen-bond acceptors (Lipinski definition) is 2. The fourth-order valence-corrected chi connectivity index (χ4v) is 3.32. The summed E-state index contributed by atoms with van der Waals surface area (Å²) >= 11 is 0. The first kappa shape index (κ1) is 19.2. The van der Waals surface area contributed by atoms with Crippen LogP contribution >= 0.6 is 0 Å². The largest absolute Gasteiger partial charge is 0.419 e. The normalized spacial score (nSPS) is 14.2. The van der Waals surface area contributed by atoms with E-state index in [2.05, 4.69) is 5.32 Å². The second-order valence-corrected chi connectivity index (χ2v) is 7.06. The number of carbonyl (C=O) groups is 1. The third-order valence-corrected chi connectivity index (χ3v) is 4.89. The third kappa shape index (κ3) is 3.87. The lowest BCUT2D eigenvalue weighted by atomic mass is 10.1. The molecule has 0 bridgehead atoms. The van der Waals surface area contributed by atoms with Gasteiger partial charge in [0, 0.05) is 28.7 Å². The number of amides is 1. The number of alkyl halides is 3. The van der Waals surface area contributed by atoms with E-state index in [4.69, 9.17) is 0 Å². The molecule has 1 aromatic heterocycles. The molecule has 4 rings (SSSR count). The summed E-state index contributed by atoms with van der Waals surface area (Å²) in [4.78, 5) is 25.0. The van der Waals surface area contributed by atoms with Gasteiger partial charge in [-0.3, -0.25) is 9.59 Å². The maximum Gasteiger partial charge on any atom is 0.419 e. The van der Waals surface area contributed by atoms with E-state index in [-0.39, 0.29) is 23.6 Å². The van der Waals surface area contributed by atoms with Crippen LogP contribution in [-0.4, -0.2) is 10.5 Å². The van der Waals surface area contributed by atoms with Crippen LogP contribution in [-0.2, 0) is 17.4 Å². The number of pyridine rings is 1. The summed E-state index contributed by atoms with van der Waals surface area (Å²) < 4.78 is 53.3. The molecular weight excluding hydrogens is 388 g/mol. The Labute approximate surface area is 162 Å². The van der Waals surface area contributed by atoms with Crippen LogP contribution < -0.4 is 10.9 Å². The fourth-order valence-electron chi connectivity index (χ4n) is 3.32. The first-order valence-corrected chi connectivity index (χ1v) is 9.03. The standard InChI is InChI=1S/C21H16F4N2O2/c22-17-10-12(4-7-16(17)21(23,24)25)11-19(28)26-18-3-1-2-15-14(18)8-9-27(20(15)29)13-5-6-13/h1-4,7-10,13H,5-6,11H2,(H,26,28). The van der Waals surface area contributed by atoms with E-state index in [0.717, 1.165) is 18.9 Å². The van der Waals surface area contributed by atoms with Gasteiger partial charge in [-0.05, 0) is 48.7 Å². The van der Waals surface area contributed by atoms with Gasteiger partial charge >= 0.3 is 6.18 Å². The van der Waals surface area contributed by atoms with Gasteiger partial charge in [-0.25, -0.2) is 4.39 Å². The van der Waals surface area contributed by atoms with Crippen molar-refractivity contribution in [2.24, 2.45) is 0 Å². The van der Waals surface area contributed by atoms with Crippen LogP contribution in [0.4, 0.5) is 23.2 Å². The highest BCUT2D eigenvalue weighted by Crippen LogP contribution is 2.34. The molecule has 0 radical (unpaired) electrons. The molecule has 1 N–H and O–H groups in total. The van der Waals surface area contributed by atoms with E-state index < -0.39 is 23.5 Å². The van der Waals surface area contributed by atoms with Gasteiger partial charge in [-0.2, -0.15) is 13.2 Å². The molecule has 1 saturated carbocycles. The van der Waals surface area contributed by atoms with Gasteiger partial charge in [0.15, 0.2) is 0 Å². The second kappa shape index (κ2) is 7.02. The van der Waals surface area contributed by atoms with Crippen molar-refractivity contribution < 1.29 is 22.4 Å². The Hall–Kier alpha value is -3.16. The predicted octanol–water partition coefficient (Wildman–Crippen LogP) is 4.68. The molecule has 0 aliphatic heterocycles. The van der Waals surface area contributed by atoms with Crippen LogP contribution in [0.25, 0.3) is 10.8 Å². The number of nitrogens with one attached hydrogen (secondary N) is 1. The van der Waals surface area contributed by atoms with Gasteiger partial charge in [0.25, 0.3) is 5.56 Å². The van der Waals surface area contributed by atoms with Crippen LogP contribution in [0.3, 0.4) is 0 Å². The molecule has 150 valence electrons. The lowest BCUT2D eigenvalue weighted by Crippen LogP contribution is -2.19. The Bertz CT molecular complexity index is 1160. The SMILES string of the molecule is O=C(Cc1ccc(C(F)(F)F)c(F)c1)Nc1cccc2c(=O)n(C3CC3)ccc12. The zero-order valence-electron chi connectivity index (χ0n) is 15.1. The summed E-state index contributed by atoms with van der Waals surface area (Å²) in [5.41, 5.74) is -0.974. The molecule has 1 aliphatic rings. The molecule has 4 nitrogen and oxygen atoms in total. The number of carbonyl (C=O) groups excluding carboxylic acids is 1. The number of fused-ring (bicyclic) bond motifs is 1. The molecule has 29 heavy (non-hydrogen) atoms. The molecular formula is C21H16F4N2O2. The Morgan fingerprint density at radius 1 is 1.10 bits per heavy atom. The average Bonchev–Trinajstić information content (AvgIpc) is 3.46. The minimum atomic E-state index is -4.79. The Balaban J connectivity index is 1.56. The molecule has 3 aromatic rings. The highest BCUT2D eigenvalue weighted by molar-refractivity contribution is 6.02. The van der Waals surface area contributed by atoms with Crippen LogP contribution in [0.15, 0.2) is 53.5 Å². The Morgan fingerprint density at radius 3 is 2.52 bits per heavy atom. The zero-order valence-corrected chi connectivity index (χ0v) is 15.1. The van der Waals surface area contributed by atoms with Gasteiger partial charge in [-0.1, -0.05) is 12.1 Å². The van der Waals surface area contributed by atoms with Gasteiger partial charge < -0.3 is 9.88 Å². The van der Waals surface area contributed by atoms with Crippen molar-refractivity contribution in [1.82, 2.24) is 4.57 Å². The number of anilines is 1. The van der Waals surface area contributed by atoms with Crippen molar-refractivity contribution >= 4 is 22.4 Å². The monoisotopic (exact) mass is 404 g/mol. The van der Waals surface area contributed by atoms with E-state index in [1.807, 2.05) is 0 Å². The van der Waals surface area contributed by atoms with E-state index in [0.29, 0.717) is 28.6 Å². The average molecular weight is 404 g/mol. The number of benzene rings is 2. The third-order valence-electron chi connectivity index (χ3n) is 4.89. The lowest BCUT2D eigenvalue weighted by molar-refractivity contribution is -0.140. The maximum atomic E-state index is 13.7. The van der Waals surface area contributed by atoms with Crippen LogP contribution in [0, 0.1) is 5.82 Å². The molecule has 1 amide bonds. The zero-order chi connectivity index (χ0) is 20.8. The number of hydrogen-bond donors (Lipinski definition) is 1. The summed E-state index contributed by atoms with van der Waals surface area (Å²) in [5, 5.41) is 3.70. The van der Waals surface area contributed by atoms with Crippen molar-refractivity contribution in [2.75, 3.05) is 5.32 Å². The summed E-state index contributed by atoms with van der Waals surface area (Å²) in [6.45, 7) is 0. The number of aromatic nitrogens is 1. The summed E-state index contributed by atoms with van der Waals surface area (Å²) in [6.07, 6.45) is -1.47. The summed E-state index contributed by atoms with van der Waals surface area (Å²) in [7, 11) is 0. The summed E-state index contributed by atoms with van der Waals surface area (Å²) in [6, 6.07) is 9.33. The molecule has 8 heteroatoms. The fraction of sp³-hybridized carbons (Fsp3) is 0.238. The molecule has 0 unspecified atom stereocenters. The maximum absolute atomic E-state index is 13.7. The second-order valence-electron chi connectivity index (χ2n) is 7.06. The van der Waals surface area contributed by atoms with Crippen LogP contribution in [0.5, 0.6) is 0 Å². The van der Waals surface area contributed by atoms with E-state index in [1.165, 1.54) is 0 Å².